The molecule has 0 spiro atoms. The smallest absolute Gasteiger partial charge is 0.118 e. The first-order chi connectivity index (χ1) is 6.61. The van der Waals surface area contributed by atoms with Crippen LogP contribution < -0.4 is 0 Å². The number of rotatable bonds is 4. The standard InChI is InChI=1S/C11H16OS2/c1-11(7-13,8-14)6-9-4-2-3-5-10(9)12/h2-5,12-14H,6-8H2,1H3. The van der Waals surface area contributed by atoms with Gasteiger partial charge in [0.25, 0.3) is 0 Å². The van der Waals surface area contributed by atoms with Crippen molar-refractivity contribution in [3.8, 4) is 5.75 Å². The van der Waals surface area contributed by atoms with E-state index < -0.39 is 0 Å². The average molecular weight is 228 g/mol. The average Bonchev–Trinajstić information content (AvgIpc) is 2.21. The molecule has 0 saturated carbocycles. The summed E-state index contributed by atoms with van der Waals surface area (Å²) in [4.78, 5) is 0. The van der Waals surface area contributed by atoms with Gasteiger partial charge in [0, 0.05) is 0 Å². The van der Waals surface area contributed by atoms with E-state index in [0.29, 0.717) is 5.75 Å². The fourth-order valence-corrected chi connectivity index (χ4v) is 1.91. The molecule has 1 rings (SSSR count). The SMILES string of the molecule is CC(CS)(CS)Cc1ccccc1O. The number of para-hydroxylation sites is 1. The molecule has 3 heteroatoms. The highest BCUT2D eigenvalue weighted by atomic mass is 32.1. The summed E-state index contributed by atoms with van der Waals surface area (Å²) in [6, 6.07) is 7.43. The first kappa shape index (κ1) is 11.8. The fourth-order valence-electron chi connectivity index (χ4n) is 1.28. The second-order valence-corrected chi connectivity index (χ2v) is 4.56. The van der Waals surface area contributed by atoms with Gasteiger partial charge in [0.05, 0.1) is 0 Å². The third-order valence-corrected chi connectivity index (χ3v) is 3.90. The van der Waals surface area contributed by atoms with Crippen molar-refractivity contribution in [1.29, 1.82) is 0 Å². The summed E-state index contributed by atoms with van der Waals surface area (Å²) in [5.41, 5.74) is 1.02. The van der Waals surface area contributed by atoms with E-state index in [0.717, 1.165) is 23.5 Å². The Labute approximate surface area is 96.4 Å². The van der Waals surface area contributed by atoms with Crippen LogP contribution >= 0.6 is 25.3 Å². The molecule has 0 radical (unpaired) electrons. The quantitative estimate of drug-likeness (QED) is 0.677. The molecule has 0 aliphatic rings. The fraction of sp³-hybridized carbons (Fsp3) is 0.455. The minimum Gasteiger partial charge on any atom is -0.508 e. The second-order valence-electron chi connectivity index (χ2n) is 3.93. The van der Waals surface area contributed by atoms with Crippen molar-refractivity contribution in [2.45, 2.75) is 13.3 Å². The van der Waals surface area contributed by atoms with E-state index >= 15 is 0 Å². The Balaban J connectivity index is 2.82. The van der Waals surface area contributed by atoms with Gasteiger partial charge in [-0.3, -0.25) is 0 Å². The first-order valence-corrected chi connectivity index (χ1v) is 5.86. The summed E-state index contributed by atoms with van der Waals surface area (Å²) in [5.74, 6) is 1.90. The molecule has 1 nitrogen and oxygen atoms in total. The highest BCUT2D eigenvalue weighted by Crippen LogP contribution is 2.29. The molecule has 0 amide bonds. The molecule has 0 fully saturated rings. The molecule has 1 aromatic carbocycles. The van der Waals surface area contributed by atoms with Gasteiger partial charge >= 0.3 is 0 Å². The van der Waals surface area contributed by atoms with Crippen molar-refractivity contribution >= 4 is 25.3 Å². The van der Waals surface area contributed by atoms with Crippen LogP contribution in [0.2, 0.25) is 0 Å². The Hall–Kier alpha value is -0.280. The van der Waals surface area contributed by atoms with Gasteiger partial charge in [0.1, 0.15) is 5.75 Å². The van der Waals surface area contributed by atoms with E-state index in [9.17, 15) is 5.11 Å². The van der Waals surface area contributed by atoms with E-state index in [2.05, 4.69) is 32.2 Å². The highest BCUT2D eigenvalue weighted by Gasteiger charge is 2.22. The monoisotopic (exact) mass is 228 g/mol. The van der Waals surface area contributed by atoms with Gasteiger partial charge < -0.3 is 5.11 Å². The molecule has 0 atom stereocenters. The lowest BCUT2D eigenvalue weighted by atomic mass is 9.87. The van der Waals surface area contributed by atoms with Gasteiger partial charge in [-0.1, -0.05) is 25.1 Å². The maximum absolute atomic E-state index is 9.61. The van der Waals surface area contributed by atoms with Gasteiger partial charge in [0.2, 0.25) is 0 Å². The van der Waals surface area contributed by atoms with Gasteiger partial charge in [-0.15, -0.1) is 0 Å². The summed E-state index contributed by atoms with van der Waals surface area (Å²) >= 11 is 8.63. The maximum atomic E-state index is 9.61. The molecular formula is C11H16OS2. The predicted molar refractivity (Wildman–Crippen MR) is 67.6 cm³/mol. The predicted octanol–water partition coefficient (Wildman–Crippen LogP) is 2.80. The van der Waals surface area contributed by atoms with Crippen LogP contribution in [0.25, 0.3) is 0 Å². The van der Waals surface area contributed by atoms with Crippen LogP contribution in [0.1, 0.15) is 12.5 Å². The third kappa shape index (κ3) is 2.85. The Morgan fingerprint density at radius 1 is 1.21 bits per heavy atom. The summed E-state index contributed by atoms with van der Waals surface area (Å²) in [6.07, 6.45) is 0.812. The summed E-state index contributed by atoms with van der Waals surface area (Å²) in [6.45, 7) is 2.12. The van der Waals surface area contributed by atoms with Crippen molar-refractivity contribution in [1.82, 2.24) is 0 Å². The van der Waals surface area contributed by atoms with Crippen LogP contribution in [0.15, 0.2) is 24.3 Å². The molecule has 0 aliphatic carbocycles. The zero-order chi connectivity index (χ0) is 10.6. The molecule has 0 aromatic heterocycles. The normalized spacial score (nSPS) is 11.6. The van der Waals surface area contributed by atoms with E-state index in [1.807, 2.05) is 18.2 Å². The molecule has 0 heterocycles. The summed E-state index contributed by atoms with van der Waals surface area (Å²) in [5, 5.41) is 9.61. The largest absolute Gasteiger partial charge is 0.508 e. The third-order valence-electron chi connectivity index (χ3n) is 2.37. The molecule has 0 bridgehead atoms. The van der Waals surface area contributed by atoms with E-state index in [1.54, 1.807) is 6.07 Å². The molecule has 0 aliphatic heterocycles. The van der Waals surface area contributed by atoms with E-state index in [4.69, 9.17) is 0 Å². The van der Waals surface area contributed by atoms with Crippen molar-refractivity contribution in [3.05, 3.63) is 29.8 Å². The number of benzene rings is 1. The molecule has 0 unspecified atom stereocenters. The number of hydrogen-bond acceptors (Lipinski definition) is 3. The molecule has 0 saturated heterocycles. The number of thiol groups is 2. The van der Waals surface area contributed by atoms with Gasteiger partial charge in [-0.2, -0.15) is 25.3 Å². The zero-order valence-corrected chi connectivity index (χ0v) is 10.1. The van der Waals surface area contributed by atoms with Crippen molar-refractivity contribution in [2.24, 2.45) is 5.41 Å². The number of hydrogen-bond donors (Lipinski definition) is 3. The second kappa shape index (κ2) is 4.99. The highest BCUT2D eigenvalue weighted by molar-refractivity contribution is 7.81. The summed E-state index contributed by atoms with van der Waals surface area (Å²) in [7, 11) is 0. The minimum atomic E-state index is 0.0467. The van der Waals surface area contributed by atoms with Crippen LogP contribution in [0.4, 0.5) is 0 Å². The zero-order valence-electron chi connectivity index (χ0n) is 8.27. The lowest BCUT2D eigenvalue weighted by Gasteiger charge is -2.25. The van der Waals surface area contributed by atoms with Gasteiger partial charge in [-0.25, -0.2) is 0 Å². The number of phenolic OH excluding ortho intramolecular Hbond substituents is 1. The van der Waals surface area contributed by atoms with Crippen LogP contribution in [-0.4, -0.2) is 16.6 Å². The van der Waals surface area contributed by atoms with E-state index in [1.165, 1.54) is 0 Å². The van der Waals surface area contributed by atoms with Crippen molar-refractivity contribution in [3.63, 3.8) is 0 Å². The van der Waals surface area contributed by atoms with Crippen molar-refractivity contribution in [2.75, 3.05) is 11.5 Å². The van der Waals surface area contributed by atoms with Crippen LogP contribution in [-0.2, 0) is 6.42 Å². The molecule has 1 N–H and O–H groups in total. The summed E-state index contributed by atoms with van der Waals surface area (Å²) < 4.78 is 0. The Morgan fingerprint density at radius 2 is 1.79 bits per heavy atom. The van der Waals surface area contributed by atoms with Crippen molar-refractivity contribution < 1.29 is 5.11 Å². The topological polar surface area (TPSA) is 20.2 Å². The molecule has 14 heavy (non-hydrogen) atoms. The van der Waals surface area contributed by atoms with Gasteiger partial charge in [-0.05, 0) is 35.0 Å². The number of aromatic hydroxyl groups is 1. The van der Waals surface area contributed by atoms with E-state index in [-0.39, 0.29) is 5.41 Å². The van der Waals surface area contributed by atoms with Gasteiger partial charge in [0.15, 0.2) is 0 Å². The lowest BCUT2D eigenvalue weighted by molar-refractivity contribution is 0.412. The molecular weight excluding hydrogens is 212 g/mol. The molecule has 1 aromatic rings. The maximum Gasteiger partial charge on any atom is 0.118 e. The number of phenols is 1. The lowest BCUT2D eigenvalue weighted by Crippen LogP contribution is -2.23. The Bertz CT molecular complexity index is 295. The molecule has 78 valence electrons. The van der Waals surface area contributed by atoms with Crippen LogP contribution in [0, 0.1) is 5.41 Å². The Morgan fingerprint density at radius 3 is 2.29 bits per heavy atom. The Kier molecular flexibility index (Phi) is 4.20. The minimum absolute atomic E-state index is 0.0467. The first-order valence-electron chi connectivity index (χ1n) is 4.60. The van der Waals surface area contributed by atoms with Crippen LogP contribution in [0.5, 0.6) is 5.75 Å². The van der Waals surface area contributed by atoms with Crippen LogP contribution in [0.3, 0.4) is 0 Å².